The van der Waals surface area contributed by atoms with E-state index in [-0.39, 0.29) is 17.7 Å². The van der Waals surface area contributed by atoms with E-state index in [1.165, 1.54) is 6.39 Å². The van der Waals surface area contributed by atoms with Crippen molar-refractivity contribution in [2.75, 3.05) is 18.4 Å². The summed E-state index contributed by atoms with van der Waals surface area (Å²) in [6.45, 7) is 3.09. The number of hydrogen-bond donors (Lipinski definition) is 1. The van der Waals surface area contributed by atoms with Gasteiger partial charge in [0.15, 0.2) is 12.0 Å². The third-order valence-corrected chi connectivity index (χ3v) is 5.00. The fourth-order valence-electron chi connectivity index (χ4n) is 3.48. The second kappa shape index (κ2) is 7.23. The van der Waals surface area contributed by atoms with Crippen LogP contribution >= 0.6 is 0 Å². The molecule has 1 atom stereocenters. The van der Waals surface area contributed by atoms with E-state index in [9.17, 15) is 9.59 Å². The third kappa shape index (κ3) is 3.56. The molecule has 2 aromatic carbocycles. The van der Waals surface area contributed by atoms with E-state index < -0.39 is 0 Å². The summed E-state index contributed by atoms with van der Waals surface area (Å²) in [7, 11) is 0. The van der Waals surface area contributed by atoms with Crippen LogP contribution < -0.4 is 5.32 Å². The molecule has 1 N–H and O–H groups in total. The van der Waals surface area contributed by atoms with Crippen LogP contribution in [-0.4, -0.2) is 34.8 Å². The molecule has 1 unspecified atom stereocenters. The number of piperidine rings is 1. The minimum atomic E-state index is -0.240. The molecule has 0 bridgehead atoms. The molecule has 1 aliphatic heterocycles. The second-order valence-corrected chi connectivity index (χ2v) is 6.95. The Labute approximate surface area is 157 Å². The SMILES string of the molecule is Cc1ccc(C(=O)N2CCCC(C(=O)Nc3cccc4ocnc34)C2)cc1. The van der Waals surface area contributed by atoms with Crippen molar-refractivity contribution in [1.29, 1.82) is 0 Å². The highest BCUT2D eigenvalue weighted by Crippen LogP contribution is 2.24. The number of nitrogens with one attached hydrogen (secondary N) is 1. The van der Waals surface area contributed by atoms with Crippen LogP contribution in [0.4, 0.5) is 5.69 Å². The number of aryl methyl sites for hydroxylation is 1. The second-order valence-electron chi connectivity index (χ2n) is 6.95. The summed E-state index contributed by atoms with van der Waals surface area (Å²) in [6.07, 6.45) is 2.94. The van der Waals surface area contributed by atoms with Crippen molar-refractivity contribution >= 4 is 28.6 Å². The lowest BCUT2D eigenvalue weighted by Gasteiger charge is -2.32. The molecule has 1 aliphatic rings. The number of anilines is 1. The van der Waals surface area contributed by atoms with Crippen LogP contribution in [-0.2, 0) is 4.79 Å². The Morgan fingerprint density at radius 3 is 2.81 bits per heavy atom. The Bertz CT molecular complexity index is 978. The number of carbonyl (C=O) groups excluding carboxylic acids is 2. The zero-order valence-electron chi connectivity index (χ0n) is 15.1. The van der Waals surface area contributed by atoms with Crippen molar-refractivity contribution in [3.63, 3.8) is 0 Å². The summed E-state index contributed by atoms with van der Waals surface area (Å²) < 4.78 is 5.28. The van der Waals surface area contributed by atoms with Gasteiger partial charge in [0.05, 0.1) is 11.6 Å². The van der Waals surface area contributed by atoms with Gasteiger partial charge < -0.3 is 14.6 Å². The molecule has 0 radical (unpaired) electrons. The molecule has 2 amide bonds. The van der Waals surface area contributed by atoms with E-state index in [2.05, 4.69) is 10.3 Å². The maximum Gasteiger partial charge on any atom is 0.253 e. The first-order valence-corrected chi connectivity index (χ1v) is 9.11. The highest BCUT2D eigenvalue weighted by Gasteiger charge is 2.29. The number of hydrogen-bond acceptors (Lipinski definition) is 4. The number of nitrogens with zero attached hydrogens (tertiary/aromatic N) is 2. The molecule has 6 heteroatoms. The van der Waals surface area contributed by atoms with Crippen molar-refractivity contribution in [3.8, 4) is 0 Å². The van der Waals surface area contributed by atoms with Gasteiger partial charge in [-0.25, -0.2) is 4.98 Å². The number of oxazole rings is 1. The summed E-state index contributed by atoms with van der Waals surface area (Å²) in [5.74, 6) is -0.353. The van der Waals surface area contributed by atoms with Gasteiger partial charge in [0.1, 0.15) is 5.52 Å². The summed E-state index contributed by atoms with van der Waals surface area (Å²) in [6, 6.07) is 13.0. The maximum absolute atomic E-state index is 12.8. The highest BCUT2D eigenvalue weighted by atomic mass is 16.3. The normalized spacial score (nSPS) is 17.1. The van der Waals surface area contributed by atoms with Crippen molar-refractivity contribution in [2.45, 2.75) is 19.8 Å². The van der Waals surface area contributed by atoms with Crippen LogP contribution in [0, 0.1) is 12.8 Å². The van der Waals surface area contributed by atoms with Crippen LogP contribution in [0.3, 0.4) is 0 Å². The molecule has 1 saturated heterocycles. The van der Waals surface area contributed by atoms with Gasteiger partial charge in [-0.05, 0) is 44.0 Å². The van der Waals surface area contributed by atoms with Crippen molar-refractivity contribution in [1.82, 2.24) is 9.88 Å². The zero-order valence-corrected chi connectivity index (χ0v) is 15.1. The Kier molecular flexibility index (Phi) is 4.62. The Morgan fingerprint density at radius 1 is 1.19 bits per heavy atom. The van der Waals surface area contributed by atoms with E-state index in [0.717, 1.165) is 18.4 Å². The standard InChI is InChI=1S/C21H21N3O3/c1-14-7-9-15(10-8-14)21(26)24-11-3-4-16(12-24)20(25)23-17-5-2-6-18-19(17)22-13-27-18/h2,5-10,13,16H,3-4,11-12H2,1H3,(H,23,25). The predicted octanol–water partition coefficient (Wildman–Crippen LogP) is 3.63. The average Bonchev–Trinajstić information content (AvgIpc) is 3.18. The quantitative estimate of drug-likeness (QED) is 0.771. The first-order chi connectivity index (χ1) is 13.1. The zero-order chi connectivity index (χ0) is 18.8. The first kappa shape index (κ1) is 17.3. The Balaban J connectivity index is 1.46. The van der Waals surface area contributed by atoms with Crippen molar-refractivity contribution in [3.05, 3.63) is 60.0 Å². The van der Waals surface area contributed by atoms with E-state index in [4.69, 9.17) is 4.42 Å². The van der Waals surface area contributed by atoms with E-state index in [1.807, 2.05) is 37.3 Å². The fourth-order valence-corrected chi connectivity index (χ4v) is 3.48. The van der Waals surface area contributed by atoms with E-state index in [1.54, 1.807) is 17.0 Å². The number of para-hydroxylation sites is 1. The Morgan fingerprint density at radius 2 is 2.00 bits per heavy atom. The number of aromatic nitrogens is 1. The van der Waals surface area contributed by atoms with Gasteiger partial charge >= 0.3 is 0 Å². The Hall–Kier alpha value is -3.15. The van der Waals surface area contributed by atoms with E-state index in [0.29, 0.717) is 35.4 Å². The summed E-state index contributed by atoms with van der Waals surface area (Å²) >= 11 is 0. The van der Waals surface area contributed by atoms with Crippen molar-refractivity contribution < 1.29 is 14.0 Å². The van der Waals surface area contributed by atoms with Gasteiger partial charge in [-0.1, -0.05) is 23.8 Å². The number of benzene rings is 2. The third-order valence-electron chi connectivity index (χ3n) is 5.00. The number of likely N-dealkylation sites (tertiary alicyclic amines) is 1. The lowest BCUT2D eigenvalue weighted by atomic mass is 9.96. The first-order valence-electron chi connectivity index (χ1n) is 9.11. The largest absolute Gasteiger partial charge is 0.443 e. The summed E-state index contributed by atoms with van der Waals surface area (Å²) in [4.78, 5) is 31.5. The molecule has 1 aromatic heterocycles. The lowest BCUT2D eigenvalue weighted by molar-refractivity contribution is -0.121. The van der Waals surface area contributed by atoms with Gasteiger partial charge in [0, 0.05) is 18.7 Å². The molecule has 6 nitrogen and oxygen atoms in total. The predicted molar refractivity (Wildman–Crippen MR) is 102 cm³/mol. The molecule has 0 spiro atoms. The molecule has 4 rings (SSSR count). The van der Waals surface area contributed by atoms with Crippen LogP contribution in [0.15, 0.2) is 53.3 Å². The van der Waals surface area contributed by atoms with Gasteiger partial charge in [-0.3, -0.25) is 9.59 Å². The molecule has 0 aliphatic carbocycles. The molecular weight excluding hydrogens is 342 g/mol. The highest BCUT2D eigenvalue weighted by molar-refractivity contribution is 6.00. The molecule has 3 aromatic rings. The van der Waals surface area contributed by atoms with Gasteiger partial charge in [0.2, 0.25) is 5.91 Å². The van der Waals surface area contributed by atoms with Gasteiger partial charge in [-0.15, -0.1) is 0 Å². The van der Waals surface area contributed by atoms with Crippen molar-refractivity contribution in [2.24, 2.45) is 5.92 Å². The summed E-state index contributed by atoms with van der Waals surface area (Å²) in [5, 5.41) is 2.95. The van der Waals surface area contributed by atoms with Crippen LogP contribution in [0.2, 0.25) is 0 Å². The minimum absolute atomic E-state index is 0.0221. The van der Waals surface area contributed by atoms with Crippen LogP contribution in [0.25, 0.3) is 11.1 Å². The van der Waals surface area contributed by atoms with Crippen LogP contribution in [0.5, 0.6) is 0 Å². The molecule has 1 fully saturated rings. The number of rotatable bonds is 3. The molecule has 27 heavy (non-hydrogen) atoms. The van der Waals surface area contributed by atoms with Gasteiger partial charge in [-0.2, -0.15) is 0 Å². The number of carbonyl (C=O) groups is 2. The fraction of sp³-hybridized carbons (Fsp3) is 0.286. The summed E-state index contributed by atoms with van der Waals surface area (Å²) in [5.41, 5.74) is 3.67. The smallest absolute Gasteiger partial charge is 0.253 e. The average molecular weight is 363 g/mol. The monoisotopic (exact) mass is 363 g/mol. The van der Waals surface area contributed by atoms with E-state index >= 15 is 0 Å². The molecule has 138 valence electrons. The molecule has 0 saturated carbocycles. The molecular formula is C21H21N3O3. The minimum Gasteiger partial charge on any atom is -0.443 e. The maximum atomic E-state index is 12.8. The number of fused-ring (bicyclic) bond motifs is 1. The lowest BCUT2D eigenvalue weighted by Crippen LogP contribution is -2.43. The topological polar surface area (TPSA) is 75.4 Å². The van der Waals surface area contributed by atoms with Gasteiger partial charge in [0.25, 0.3) is 5.91 Å². The van der Waals surface area contributed by atoms with Crippen LogP contribution in [0.1, 0.15) is 28.8 Å². The number of amides is 2. The molecule has 2 heterocycles.